The summed E-state index contributed by atoms with van der Waals surface area (Å²) in [5, 5.41) is 11.1. The van der Waals surface area contributed by atoms with Crippen LogP contribution in [0.3, 0.4) is 0 Å². The van der Waals surface area contributed by atoms with Crippen molar-refractivity contribution >= 4 is 17.6 Å². The highest BCUT2D eigenvalue weighted by molar-refractivity contribution is 5.96. The van der Waals surface area contributed by atoms with Crippen molar-refractivity contribution in [1.82, 2.24) is 0 Å². The molecule has 1 aromatic carbocycles. The second-order valence-electron chi connectivity index (χ2n) is 3.99. The predicted molar refractivity (Wildman–Crippen MR) is 73.0 cm³/mol. The van der Waals surface area contributed by atoms with E-state index >= 15 is 0 Å². The minimum absolute atomic E-state index is 0.430. The fourth-order valence-electron chi connectivity index (χ4n) is 1.54. The molecule has 0 spiro atoms. The highest BCUT2D eigenvalue weighted by atomic mass is 16.5. The highest BCUT2D eigenvalue weighted by Crippen LogP contribution is 2.30. The van der Waals surface area contributed by atoms with Crippen LogP contribution in [0.15, 0.2) is 18.2 Å². The second kappa shape index (κ2) is 7.34. The zero-order valence-corrected chi connectivity index (χ0v) is 11.4. The summed E-state index contributed by atoms with van der Waals surface area (Å²) in [6.45, 7) is 2.28. The Morgan fingerprint density at radius 3 is 2.65 bits per heavy atom. The maximum atomic E-state index is 11.7. The van der Waals surface area contributed by atoms with Gasteiger partial charge in [-0.25, -0.2) is 0 Å². The molecular weight excluding hydrogens is 264 g/mol. The van der Waals surface area contributed by atoms with Gasteiger partial charge in [0.25, 0.3) is 0 Å². The summed E-state index contributed by atoms with van der Waals surface area (Å²) >= 11 is 0. The number of hydrogen-bond acceptors (Lipinski definition) is 5. The van der Waals surface area contributed by atoms with Crippen LogP contribution in [0.5, 0.6) is 11.5 Å². The van der Waals surface area contributed by atoms with E-state index in [9.17, 15) is 9.59 Å². The topological polar surface area (TPSA) is 111 Å². The SMILES string of the molecule is CCOc1cc(NC(=O)C(N)CC(=O)O)ccc1OC. The first kappa shape index (κ1) is 15.8. The molecule has 1 atom stereocenters. The van der Waals surface area contributed by atoms with Crippen molar-refractivity contribution < 1.29 is 24.2 Å². The van der Waals surface area contributed by atoms with Crippen LogP contribution in [0.2, 0.25) is 0 Å². The molecule has 1 amide bonds. The number of methoxy groups -OCH3 is 1. The van der Waals surface area contributed by atoms with Gasteiger partial charge < -0.3 is 25.6 Å². The number of carboxylic acids is 1. The lowest BCUT2D eigenvalue weighted by molar-refractivity contribution is -0.138. The van der Waals surface area contributed by atoms with Crippen LogP contribution in [0.1, 0.15) is 13.3 Å². The Balaban J connectivity index is 2.79. The Morgan fingerprint density at radius 2 is 2.10 bits per heavy atom. The molecule has 1 aromatic rings. The van der Waals surface area contributed by atoms with Crippen LogP contribution in [-0.2, 0) is 9.59 Å². The summed E-state index contributed by atoms with van der Waals surface area (Å²) in [6.07, 6.45) is -0.430. The van der Waals surface area contributed by atoms with Gasteiger partial charge in [0.2, 0.25) is 5.91 Å². The number of carbonyl (C=O) groups excluding carboxylic acids is 1. The Kier molecular flexibility index (Phi) is 5.79. The first-order valence-electron chi connectivity index (χ1n) is 6.07. The molecular formula is C13H18N2O5. The van der Waals surface area contributed by atoms with Gasteiger partial charge in [0.15, 0.2) is 11.5 Å². The monoisotopic (exact) mass is 282 g/mol. The predicted octanol–water partition coefficient (Wildman–Crippen LogP) is 0.834. The molecule has 0 saturated heterocycles. The van der Waals surface area contributed by atoms with Crippen LogP contribution in [0.4, 0.5) is 5.69 Å². The number of amides is 1. The molecule has 1 unspecified atom stereocenters. The minimum atomic E-state index is -1.13. The molecule has 0 aliphatic carbocycles. The van der Waals surface area contributed by atoms with E-state index in [1.54, 1.807) is 18.2 Å². The van der Waals surface area contributed by atoms with Crippen molar-refractivity contribution in [3.8, 4) is 11.5 Å². The smallest absolute Gasteiger partial charge is 0.305 e. The molecule has 0 heterocycles. The quantitative estimate of drug-likeness (QED) is 0.683. The van der Waals surface area contributed by atoms with Crippen LogP contribution >= 0.6 is 0 Å². The highest BCUT2D eigenvalue weighted by Gasteiger charge is 2.17. The molecule has 1 rings (SSSR count). The third kappa shape index (κ3) is 4.43. The number of aliphatic carboxylic acids is 1. The van der Waals surface area contributed by atoms with E-state index in [0.717, 1.165) is 0 Å². The van der Waals surface area contributed by atoms with Crippen molar-refractivity contribution in [2.75, 3.05) is 19.0 Å². The van der Waals surface area contributed by atoms with Gasteiger partial charge in [-0.1, -0.05) is 0 Å². The zero-order valence-electron chi connectivity index (χ0n) is 11.4. The van der Waals surface area contributed by atoms with Crippen molar-refractivity contribution in [1.29, 1.82) is 0 Å². The van der Waals surface area contributed by atoms with Crippen molar-refractivity contribution in [2.24, 2.45) is 5.73 Å². The van der Waals surface area contributed by atoms with Crippen molar-refractivity contribution in [2.45, 2.75) is 19.4 Å². The number of nitrogens with one attached hydrogen (secondary N) is 1. The molecule has 0 saturated carbocycles. The van der Waals surface area contributed by atoms with Crippen LogP contribution in [0, 0.1) is 0 Å². The van der Waals surface area contributed by atoms with Crippen molar-refractivity contribution in [3.05, 3.63) is 18.2 Å². The molecule has 110 valence electrons. The summed E-state index contributed by atoms with van der Waals surface area (Å²) in [7, 11) is 1.51. The molecule has 4 N–H and O–H groups in total. The number of hydrogen-bond donors (Lipinski definition) is 3. The van der Waals surface area contributed by atoms with E-state index in [2.05, 4.69) is 5.32 Å². The van der Waals surface area contributed by atoms with Crippen LogP contribution < -0.4 is 20.5 Å². The lowest BCUT2D eigenvalue weighted by Crippen LogP contribution is -2.37. The fraction of sp³-hybridized carbons (Fsp3) is 0.385. The molecule has 0 aliphatic heterocycles. The van der Waals surface area contributed by atoms with E-state index < -0.39 is 24.3 Å². The maximum absolute atomic E-state index is 11.7. The Bertz CT molecular complexity index is 490. The molecule has 0 aromatic heterocycles. The van der Waals surface area contributed by atoms with Gasteiger partial charge in [-0.15, -0.1) is 0 Å². The lowest BCUT2D eigenvalue weighted by Gasteiger charge is -2.13. The van der Waals surface area contributed by atoms with Crippen LogP contribution in [0.25, 0.3) is 0 Å². The third-order valence-electron chi connectivity index (χ3n) is 2.46. The number of nitrogens with two attached hydrogens (primary N) is 1. The summed E-state index contributed by atoms with van der Waals surface area (Å²) < 4.78 is 10.5. The summed E-state index contributed by atoms with van der Waals surface area (Å²) in [4.78, 5) is 22.2. The average Bonchev–Trinajstić information content (AvgIpc) is 2.38. The van der Waals surface area contributed by atoms with Gasteiger partial charge >= 0.3 is 5.97 Å². The second-order valence-corrected chi connectivity index (χ2v) is 3.99. The summed E-state index contributed by atoms with van der Waals surface area (Å²) in [5.41, 5.74) is 5.93. The number of ether oxygens (including phenoxy) is 2. The number of rotatable bonds is 7. The van der Waals surface area contributed by atoms with Gasteiger partial charge in [0, 0.05) is 11.8 Å². The lowest BCUT2D eigenvalue weighted by atomic mass is 10.2. The Morgan fingerprint density at radius 1 is 1.40 bits per heavy atom. The number of benzene rings is 1. The van der Waals surface area contributed by atoms with Gasteiger partial charge in [0.05, 0.1) is 26.2 Å². The van der Waals surface area contributed by atoms with Gasteiger partial charge in [-0.2, -0.15) is 0 Å². The van der Waals surface area contributed by atoms with Gasteiger partial charge in [-0.05, 0) is 19.1 Å². The van der Waals surface area contributed by atoms with Crippen LogP contribution in [-0.4, -0.2) is 36.7 Å². The first-order chi connectivity index (χ1) is 9.47. The van der Waals surface area contributed by atoms with Gasteiger partial charge in [0.1, 0.15) is 0 Å². The first-order valence-corrected chi connectivity index (χ1v) is 6.07. The molecule has 0 radical (unpaired) electrons. The normalized spacial score (nSPS) is 11.6. The minimum Gasteiger partial charge on any atom is -0.493 e. The molecule has 7 heteroatoms. The van der Waals surface area contributed by atoms with E-state index in [0.29, 0.717) is 23.8 Å². The fourth-order valence-corrected chi connectivity index (χ4v) is 1.54. The number of anilines is 1. The molecule has 0 aliphatic rings. The van der Waals surface area contributed by atoms with Crippen molar-refractivity contribution in [3.63, 3.8) is 0 Å². The number of carbonyl (C=O) groups is 2. The standard InChI is InChI=1S/C13H18N2O5/c1-3-20-11-6-8(4-5-10(11)19-2)15-13(18)9(14)7-12(16)17/h4-6,9H,3,7,14H2,1-2H3,(H,15,18)(H,16,17). The third-order valence-corrected chi connectivity index (χ3v) is 2.46. The summed E-state index contributed by atoms with van der Waals surface area (Å²) in [6, 6.07) is 3.74. The maximum Gasteiger partial charge on any atom is 0.305 e. The van der Waals surface area contributed by atoms with E-state index in [1.165, 1.54) is 7.11 Å². The molecule has 7 nitrogen and oxygen atoms in total. The number of carboxylic acid groups (broad SMARTS) is 1. The molecule has 0 bridgehead atoms. The zero-order chi connectivity index (χ0) is 15.1. The largest absolute Gasteiger partial charge is 0.493 e. The van der Waals surface area contributed by atoms with E-state index in [1.807, 2.05) is 6.92 Å². The van der Waals surface area contributed by atoms with E-state index in [4.69, 9.17) is 20.3 Å². The Hall–Kier alpha value is -2.28. The summed E-state index contributed by atoms with van der Waals surface area (Å²) in [5.74, 6) is -0.670. The molecule has 0 fully saturated rings. The van der Waals surface area contributed by atoms with Gasteiger partial charge in [-0.3, -0.25) is 9.59 Å². The Labute approximate surface area is 116 Å². The van der Waals surface area contributed by atoms with E-state index in [-0.39, 0.29) is 0 Å². The average molecular weight is 282 g/mol. The molecule has 20 heavy (non-hydrogen) atoms.